The van der Waals surface area contributed by atoms with E-state index in [1.54, 1.807) is 6.07 Å². The number of rotatable bonds is 2. The maximum absolute atomic E-state index is 13.8. The van der Waals surface area contributed by atoms with Gasteiger partial charge in [0.25, 0.3) is 0 Å². The molecule has 2 nitrogen and oxygen atoms in total. The van der Waals surface area contributed by atoms with E-state index in [1.165, 1.54) is 0 Å². The second kappa shape index (κ2) is 4.81. The quantitative estimate of drug-likeness (QED) is 0.675. The Labute approximate surface area is 114 Å². The van der Waals surface area contributed by atoms with Crippen LogP contribution in [0.3, 0.4) is 0 Å². The molecule has 0 saturated heterocycles. The van der Waals surface area contributed by atoms with Crippen molar-refractivity contribution in [3.8, 4) is 0 Å². The van der Waals surface area contributed by atoms with E-state index in [-0.39, 0.29) is 11.4 Å². The molecule has 0 atom stereocenters. The monoisotopic (exact) mass is 270 g/mol. The van der Waals surface area contributed by atoms with Gasteiger partial charge in [0, 0.05) is 16.8 Å². The minimum absolute atomic E-state index is 0.0588. The number of nitrogens with one attached hydrogen (secondary N) is 1. The molecule has 20 heavy (non-hydrogen) atoms. The van der Waals surface area contributed by atoms with Gasteiger partial charge in [-0.15, -0.1) is 0 Å². The Morgan fingerprint density at radius 3 is 2.25 bits per heavy atom. The summed E-state index contributed by atoms with van der Waals surface area (Å²) in [4.78, 5) is 0. The lowest BCUT2D eigenvalue weighted by atomic mass is 10.1. The van der Waals surface area contributed by atoms with Crippen molar-refractivity contribution in [3.63, 3.8) is 0 Å². The molecular weight excluding hydrogens is 258 g/mol. The summed E-state index contributed by atoms with van der Waals surface area (Å²) >= 11 is 0. The molecule has 4 heteroatoms. The molecule has 100 valence electrons. The van der Waals surface area contributed by atoms with Gasteiger partial charge in [0.2, 0.25) is 0 Å². The highest BCUT2D eigenvalue weighted by molar-refractivity contribution is 5.95. The van der Waals surface area contributed by atoms with Crippen LogP contribution in [0.5, 0.6) is 0 Å². The lowest BCUT2D eigenvalue weighted by Crippen LogP contribution is -2.00. The molecule has 3 aromatic rings. The fourth-order valence-corrected chi connectivity index (χ4v) is 2.18. The minimum atomic E-state index is -0.713. The number of anilines is 3. The summed E-state index contributed by atoms with van der Waals surface area (Å²) in [7, 11) is 0. The Kier molecular flexibility index (Phi) is 2.99. The van der Waals surface area contributed by atoms with Gasteiger partial charge in [-0.1, -0.05) is 36.4 Å². The summed E-state index contributed by atoms with van der Waals surface area (Å²) < 4.78 is 27.6. The zero-order chi connectivity index (χ0) is 14.1. The maximum Gasteiger partial charge on any atom is 0.151 e. The SMILES string of the molecule is Nc1cc(F)c(Nc2cccc3ccccc23)c(F)c1. The van der Waals surface area contributed by atoms with Crippen LogP contribution >= 0.6 is 0 Å². The zero-order valence-corrected chi connectivity index (χ0v) is 10.5. The van der Waals surface area contributed by atoms with E-state index >= 15 is 0 Å². The van der Waals surface area contributed by atoms with Crippen molar-refractivity contribution in [2.75, 3.05) is 11.1 Å². The van der Waals surface area contributed by atoms with Crippen molar-refractivity contribution in [1.29, 1.82) is 0 Å². The van der Waals surface area contributed by atoms with Gasteiger partial charge in [0.05, 0.1) is 0 Å². The molecule has 0 amide bonds. The molecule has 0 unspecified atom stereocenters. The molecule has 3 aromatic carbocycles. The molecule has 0 bridgehead atoms. The standard InChI is InChI=1S/C16H12F2N2/c17-13-8-11(19)9-14(18)16(13)20-15-7-3-5-10-4-1-2-6-12(10)15/h1-9,20H,19H2. The van der Waals surface area contributed by atoms with Gasteiger partial charge >= 0.3 is 0 Å². The van der Waals surface area contributed by atoms with Gasteiger partial charge in [-0.2, -0.15) is 0 Å². The van der Waals surface area contributed by atoms with Crippen LogP contribution in [0, 0.1) is 11.6 Å². The molecule has 0 aromatic heterocycles. The largest absolute Gasteiger partial charge is 0.399 e. The van der Waals surface area contributed by atoms with Crippen LogP contribution in [-0.4, -0.2) is 0 Å². The van der Waals surface area contributed by atoms with Crippen molar-refractivity contribution >= 4 is 27.8 Å². The third-order valence-corrected chi connectivity index (χ3v) is 3.11. The van der Waals surface area contributed by atoms with E-state index in [1.807, 2.05) is 36.4 Å². The van der Waals surface area contributed by atoms with Crippen LogP contribution in [0.2, 0.25) is 0 Å². The number of benzene rings is 3. The molecule has 0 aliphatic carbocycles. The van der Waals surface area contributed by atoms with Crippen LogP contribution in [0.1, 0.15) is 0 Å². The third kappa shape index (κ3) is 2.16. The summed E-state index contributed by atoms with van der Waals surface area (Å²) in [5.74, 6) is -1.43. The van der Waals surface area contributed by atoms with Crippen molar-refractivity contribution in [2.45, 2.75) is 0 Å². The Morgan fingerprint density at radius 2 is 1.50 bits per heavy atom. The number of halogens is 2. The number of hydrogen-bond acceptors (Lipinski definition) is 2. The number of nitrogen functional groups attached to an aromatic ring is 1. The number of nitrogens with two attached hydrogens (primary N) is 1. The van der Waals surface area contributed by atoms with E-state index in [9.17, 15) is 8.78 Å². The molecule has 0 aliphatic rings. The predicted octanol–water partition coefficient (Wildman–Crippen LogP) is 4.44. The van der Waals surface area contributed by atoms with Crippen LogP contribution in [0.25, 0.3) is 10.8 Å². The number of hydrogen-bond donors (Lipinski definition) is 2. The van der Waals surface area contributed by atoms with Crippen molar-refractivity contribution in [3.05, 3.63) is 66.2 Å². The average molecular weight is 270 g/mol. The first-order valence-electron chi connectivity index (χ1n) is 6.14. The Balaban J connectivity index is 2.10. The zero-order valence-electron chi connectivity index (χ0n) is 10.5. The topological polar surface area (TPSA) is 38.0 Å². The fourth-order valence-electron chi connectivity index (χ4n) is 2.18. The predicted molar refractivity (Wildman–Crippen MR) is 78.0 cm³/mol. The van der Waals surface area contributed by atoms with E-state index in [4.69, 9.17) is 5.73 Å². The van der Waals surface area contributed by atoms with Crippen molar-refractivity contribution in [2.24, 2.45) is 0 Å². The smallest absolute Gasteiger partial charge is 0.151 e. The highest BCUT2D eigenvalue weighted by atomic mass is 19.1. The van der Waals surface area contributed by atoms with Gasteiger partial charge in [-0.3, -0.25) is 0 Å². The molecule has 0 aliphatic heterocycles. The normalized spacial score (nSPS) is 10.7. The van der Waals surface area contributed by atoms with Gasteiger partial charge < -0.3 is 11.1 Å². The first kappa shape index (κ1) is 12.4. The third-order valence-electron chi connectivity index (χ3n) is 3.11. The molecule has 0 spiro atoms. The molecule has 3 rings (SSSR count). The average Bonchev–Trinajstić information content (AvgIpc) is 2.43. The van der Waals surface area contributed by atoms with Gasteiger partial charge in [-0.05, 0) is 23.6 Å². The van der Waals surface area contributed by atoms with Crippen LogP contribution in [0.4, 0.5) is 25.8 Å². The molecule has 0 saturated carbocycles. The highest BCUT2D eigenvalue weighted by Crippen LogP contribution is 2.30. The Bertz CT molecular complexity index is 756. The van der Waals surface area contributed by atoms with Gasteiger partial charge in [-0.25, -0.2) is 8.78 Å². The van der Waals surface area contributed by atoms with Crippen molar-refractivity contribution in [1.82, 2.24) is 0 Å². The van der Waals surface area contributed by atoms with Gasteiger partial charge in [0.15, 0.2) is 11.6 Å². The van der Waals surface area contributed by atoms with Gasteiger partial charge in [0.1, 0.15) is 5.69 Å². The van der Waals surface area contributed by atoms with E-state index < -0.39 is 11.6 Å². The Morgan fingerprint density at radius 1 is 0.850 bits per heavy atom. The van der Waals surface area contributed by atoms with Crippen LogP contribution in [-0.2, 0) is 0 Å². The molecular formula is C16H12F2N2. The lowest BCUT2D eigenvalue weighted by Gasteiger charge is -2.12. The molecule has 0 heterocycles. The summed E-state index contributed by atoms with van der Waals surface area (Å²) in [6, 6.07) is 15.4. The Hall–Kier alpha value is -2.62. The highest BCUT2D eigenvalue weighted by Gasteiger charge is 2.11. The fraction of sp³-hybridized carbons (Fsp3) is 0. The number of fused-ring (bicyclic) bond motifs is 1. The first-order valence-corrected chi connectivity index (χ1v) is 6.14. The van der Waals surface area contributed by atoms with Crippen molar-refractivity contribution < 1.29 is 8.78 Å². The van der Waals surface area contributed by atoms with Crippen LogP contribution < -0.4 is 11.1 Å². The maximum atomic E-state index is 13.8. The van der Waals surface area contributed by atoms with E-state index in [2.05, 4.69) is 5.32 Å². The first-order chi connectivity index (χ1) is 9.65. The second-order valence-corrected chi connectivity index (χ2v) is 4.51. The molecule has 0 radical (unpaired) electrons. The lowest BCUT2D eigenvalue weighted by molar-refractivity contribution is 0.592. The molecule has 3 N–H and O–H groups in total. The summed E-state index contributed by atoms with van der Waals surface area (Å²) in [6.45, 7) is 0. The second-order valence-electron chi connectivity index (χ2n) is 4.51. The van der Waals surface area contributed by atoms with E-state index in [0.717, 1.165) is 22.9 Å². The summed E-state index contributed by atoms with van der Waals surface area (Å²) in [5, 5.41) is 4.69. The van der Waals surface area contributed by atoms with Crippen LogP contribution in [0.15, 0.2) is 54.6 Å². The van der Waals surface area contributed by atoms with E-state index in [0.29, 0.717) is 5.69 Å². The summed E-state index contributed by atoms with van der Waals surface area (Å²) in [6.07, 6.45) is 0. The minimum Gasteiger partial charge on any atom is -0.399 e. The molecule has 0 fully saturated rings. The summed E-state index contributed by atoms with van der Waals surface area (Å²) in [5.41, 5.74) is 5.91.